The average Bonchev–Trinajstić information content (AvgIpc) is 3.36. The molecule has 0 bridgehead atoms. The van der Waals surface area contributed by atoms with Crippen LogP contribution in [0.3, 0.4) is 0 Å². The number of methoxy groups -OCH3 is 1. The normalized spacial score (nSPS) is 34.8. The number of rotatable bonds is 9. The fourth-order valence-electron chi connectivity index (χ4n) is 8.41. The summed E-state index contributed by atoms with van der Waals surface area (Å²) in [6.07, 6.45) is 0.0833. The monoisotopic (exact) mass is 691 g/mol. The Kier molecular flexibility index (Phi) is 10.6. The predicted octanol–water partition coefficient (Wildman–Crippen LogP) is 3.31. The molecule has 2 heterocycles. The van der Waals surface area contributed by atoms with Gasteiger partial charge in [0.25, 0.3) is 0 Å². The first-order valence-electron chi connectivity index (χ1n) is 16.8. The molecule has 1 unspecified atom stereocenters. The van der Waals surface area contributed by atoms with Crippen LogP contribution in [0.25, 0.3) is 0 Å². The number of fused-ring (bicyclic) bond motifs is 4. The van der Waals surface area contributed by atoms with E-state index in [4.69, 9.17) is 30.6 Å². The molecule has 2 fully saturated rings. The van der Waals surface area contributed by atoms with E-state index in [0.29, 0.717) is 34.8 Å². The Bertz CT molecular complexity index is 1440. The molecule has 2 aliphatic carbocycles. The molecule has 266 valence electrons. The Balaban J connectivity index is 1.45. The Morgan fingerprint density at radius 3 is 2.54 bits per heavy atom. The lowest BCUT2D eigenvalue weighted by molar-refractivity contribution is -0.225. The number of benzene rings is 1. The van der Waals surface area contributed by atoms with Crippen LogP contribution in [-0.2, 0) is 39.0 Å². The quantitative estimate of drug-likeness (QED) is 0.259. The van der Waals surface area contributed by atoms with Crippen molar-refractivity contribution < 1.29 is 43.6 Å². The van der Waals surface area contributed by atoms with Crippen molar-refractivity contribution >= 4 is 35.1 Å². The molecule has 48 heavy (non-hydrogen) atoms. The topological polar surface area (TPSA) is 147 Å². The van der Waals surface area contributed by atoms with Crippen molar-refractivity contribution in [1.29, 1.82) is 0 Å². The second-order valence-electron chi connectivity index (χ2n) is 14.4. The molecule has 12 nitrogen and oxygen atoms in total. The van der Waals surface area contributed by atoms with E-state index in [-0.39, 0.29) is 42.7 Å². The number of hydrogen-bond donors (Lipinski definition) is 3. The van der Waals surface area contributed by atoms with Gasteiger partial charge in [0.15, 0.2) is 18.4 Å². The van der Waals surface area contributed by atoms with Crippen LogP contribution in [0.4, 0.5) is 5.69 Å². The SMILES string of the molecule is COCC(=O)N(CC(C)[C@@H]1CC[C@@H](C)[C@@]2(O)[C@@H]1C=C(C)[C@@H](OC(C)=O)[C@@H]2OC(=O)[C@@H]1C[C@@]2(O)c3cccc(Cl)c3N(C)O[C@H]2N1)C(C)C. The van der Waals surface area contributed by atoms with Crippen molar-refractivity contribution in [1.82, 2.24) is 10.2 Å². The van der Waals surface area contributed by atoms with Gasteiger partial charge in [-0.1, -0.05) is 43.7 Å². The van der Waals surface area contributed by atoms with Crippen LogP contribution in [0, 0.1) is 23.7 Å². The first-order chi connectivity index (χ1) is 22.5. The maximum absolute atomic E-state index is 14.1. The van der Waals surface area contributed by atoms with Crippen molar-refractivity contribution in [2.75, 3.05) is 32.4 Å². The van der Waals surface area contributed by atoms with Gasteiger partial charge < -0.3 is 29.3 Å². The van der Waals surface area contributed by atoms with Crippen LogP contribution in [0.5, 0.6) is 0 Å². The molecule has 1 saturated heterocycles. The van der Waals surface area contributed by atoms with E-state index in [1.54, 1.807) is 30.1 Å². The van der Waals surface area contributed by atoms with Crippen LogP contribution in [0.15, 0.2) is 29.8 Å². The third-order valence-corrected chi connectivity index (χ3v) is 11.2. The fourth-order valence-corrected chi connectivity index (χ4v) is 8.71. The lowest BCUT2D eigenvalue weighted by Gasteiger charge is -2.56. The smallest absolute Gasteiger partial charge is 0.323 e. The number of halogens is 1. The van der Waals surface area contributed by atoms with Crippen LogP contribution in [0.1, 0.15) is 66.4 Å². The molecule has 1 aromatic rings. The Morgan fingerprint density at radius 1 is 1.19 bits per heavy atom. The average molecular weight is 692 g/mol. The summed E-state index contributed by atoms with van der Waals surface area (Å²) < 4.78 is 17.1. The maximum atomic E-state index is 14.1. The molecule has 3 N–H and O–H groups in total. The Labute approximate surface area is 287 Å². The van der Waals surface area contributed by atoms with E-state index >= 15 is 0 Å². The summed E-state index contributed by atoms with van der Waals surface area (Å²) in [6.45, 7) is 11.5. The van der Waals surface area contributed by atoms with Gasteiger partial charge in [0.2, 0.25) is 5.91 Å². The molecule has 0 radical (unpaired) electrons. The minimum absolute atomic E-state index is 0.0216. The molecule has 1 saturated carbocycles. The summed E-state index contributed by atoms with van der Waals surface area (Å²) in [5, 5.41) is 29.6. The summed E-state index contributed by atoms with van der Waals surface area (Å²) in [4.78, 5) is 47.1. The van der Waals surface area contributed by atoms with Gasteiger partial charge in [-0.3, -0.25) is 29.6 Å². The lowest BCUT2D eigenvalue weighted by Crippen LogP contribution is -2.66. The molecule has 0 aromatic heterocycles. The van der Waals surface area contributed by atoms with E-state index in [9.17, 15) is 24.6 Å². The van der Waals surface area contributed by atoms with Crippen molar-refractivity contribution in [2.24, 2.45) is 23.7 Å². The molecular formula is C35H50ClN3O9. The number of nitrogens with one attached hydrogen (secondary N) is 1. The van der Waals surface area contributed by atoms with E-state index in [2.05, 4.69) is 12.2 Å². The maximum Gasteiger partial charge on any atom is 0.323 e. The number of carbonyl (C=O) groups excluding carboxylic acids is 3. The number of carbonyl (C=O) groups is 3. The number of aliphatic hydroxyl groups is 2. The molecule has 1 amide bonds. The van der Waals surface area contributed by atoms with Gasteiger partial charge in [-0.15, -0.1) is 0 Å². The Hall–Kier alpha value is -2.74. The number of nitrogens with zero attached hydrogens (tertiary/aromatic N) is 2. The van der Waals surface area contributed by atoms with Crippen molar-refractivity contribution in [2.45, 2.75) is 103 Å². The van der Waals surface area contributed by atoms with E-state index < -0.39 is 53.5 Å². The number of hydroxylamine groups is 1. The summed E-state index contributed by atoms with van der Waals surface area (Å²) >= 11 is 6.44. The first kappa shape index (κ1) is 36.5. The molecule has 4 aliphatic rings. The van der Waals surface area contributed by atoms with Crippen molar-refractivity contribution in [3.63, 3.8) is 0 Å². The van der Waals surface area contributed by atoms with Crippen LogP contribution in [-0.4, -0.2) is 96.4 Å². The molecule has 13 heteroatoms. The number of ether oxygens (including phenoxy) is 3. The summed E-state index contributed by atoms with van der Waals surface area (Å²) in [5.74, 6) is -2.28. The second kappa shape index (κ2) is 13.9. The molecule has 10 atom stereocenters. The standard InChI is InChI=1S/C35H50ClN3O9/c1-18(2)39(28(41)17-45-8)16-20(4)23-13-12-21(5)35(44)25(23)14-19(3)30(46-22(6)40)31(35)47-32(42)27-15-34(43)24-10-9-11-26(36)29(24)38(7)48-33(34)37-27/h9-11,14,18,20-21,23,25,27,30-31,33,37,43-44H,12-13,15-17H2,1-8H3/t20?,21-,23+,25-,27+,30-,31+,33-,34-,35-/m1/s1. The molecule has 2 aliphatic heterocycles. The van der Waals surface area contributed by atoms with Crippen molar-refractivity contribution in [3.05, 3.63) is 40.4 Å². The molecule has 1 aromatic carbocycles. The van der Waals surface area contributed by atoms with Crippen molar-refractivity contribution in [3.8, 4) is 0 Å². The fraction of sp³-hybridized carbons (Fsp3) is 0.686. The van der Waals surface area contributed by atoms with Gasteiger partial charge in [-0.25, -0.2) is 0 Å². The third kappa shape index (κ3) is 6.35. The number of hydrogen-bond acceptors (Lipinski definition) is 11. The van der Waals surface area contributed by atoms with E-state index in [1.807, 2.05) is 33.8 Å². The zero-order valence-electron chi connectivity index (χ0n) is 29.1. The van der Waals surface area contributed by atoms with Gasteiger partial charge in [-0.05, 0) is 63.0 Å². The van der Waals surface area contributed by atoms with E-state index in [0.717, 1.165) is 6.42 Å². The zero-order valence-corrected chi connectivity index (χ0v) is 29.8. The lowest BCUT2D eigenvalue weighted by atomic mass is 9.55. The van der Waals surface area contributed by atoms with Gasteiger partial charge >= 0.3 is 11.9 Å². The van der Waals surface area contributed by atoms with Crippen LogP contribution in [0.2, 0.25) is 5.02 Å². The van der Waals surface area contributed by atoms with Gasteiger partial charge in [0, 0.05) is 51.6 Å². The van der Waals surface area contributed by atoms with Crippen LogP contribution >= 0.6 is 11.6 Å². The third-order valence-electron chi connectivity index (χ3n) is 10.9. The highest BCUT2D eigenvalue weighted by Gasteiger charge is 2.62. The molecule has 0 spiro atoms. The molecule has 5 rings (SSSR count). The zero-order chi connectivity index (χ0) is 35.3. The number of anilines is 1. The van der Waals surface area contributed by atoms with Gasteiger partial charge in [-0.2, -0.15) is 0 Å². The number of amides is 1. The summed E-state index contributed by atoms with van der Waals surface area (Å²) in [6, 6.07) is 4.11. The molecular weight excluding hydrogens is 642 g/mol. The predicted molar refractivity (Wildman–Crippen MR) is 178 cm³/mol. The highest BCUT2D eigenvalue weighted by atomic mass is 35.5. The Morgan fingerprint density at radius 2 is 1.90 bits per heavy atom. The highest BCUT2D eigenvalue weighted by molar-refractivity contribution is 6.33. The largest absolute Gasteiger partial charge is 0.454 e. The highest BCUT2D eigenvalue weighted by Crippen LogP contribution is 2.53. The second-order valence-corrected chi connectivity index (χ2v) is 14.8. The summed E-state index contributed by atoms with van der Waals surface area (Å²) in [7, 11) is 3.16. The summed E-state index contributed by atoms with van der Waals surface area (Å²) in [5.41, 5.74) is -1.49. The van der Waals surface area contributed by atoms with Gasteiger partial charge in [0.1, 0.15) is 23.9 Å². The number of esters is 2. The minimum atomic E-state index is -1.59. The number of para-hydroxylation sites is 1. The van der Waals surface area contributed by atoms with Crippen LogP contribution < -0.4 is 10.4 Å². The van der Waals surface area contributed by atoms with E-state index in [1.165, 1.54) is 19.1 Å². The first-order valence-corrected chi connectivity index (χ1v) is 17.2. The van der Waals surface area contributed by atoms with Gasteiger partial charge in [0.05, 0.1) is 10.7 Å². The minimum Gasteiger partial charge on any atom is -0.454 e.